The van der Waals surface area contributed by atoms with Crippen LogP contribution in [0.2, 0.25) is 0 Å². The van der Waals surface area contributed by atoms with Crippen LogP contribution >= 0.6 is 0 Å². The Hall–Kier alpha value is -3.48. The second-order valence-electron chi connectivity index (χ2n) is 10.0. The molecule has 0 radical (unpaired) electrons. The zero-order valence-corrected chi connectivity index (χ0v) is 20.4. The van der Waals surface area contributed by atoms with E-state index >= 15 is 0 Å². The van der Waals surface area contributed by atoms with Crippen molar-refractivity contribution in [2.24, 2.45) is 4.99 Å². The average Bonchev–Trinajstić information content (AvgIpc) is 3.60. The Morgan fingerprint density at radius 3 is 2.59 bits per heavy atom. The molecule has 1 aliphatic carbocycles. The predicted molar refractivity (Wildman–Crippen MR) is 134 cm³/mol. The normalized spacial score (nSPS) is 17.7. The lowest BCUT2D eigenvalue weighted by Crippen LogP contribution is -2.42. The summed E-state index contributed by atoms with van der Waals surface area (Å²) in [6.45, 7) is 11.9. The van der Waals surface area contributed by atoms with E-state index in [9.17, 15) is 9.59 Å². The lowest BCUT2D eigenvalue weighted by Gasteiger charge is -2.30. The number of ether oxygens (including phenoxy) is 1. The molecule has 1 fully saturated rings. The van der Waals surface area contributed by atoms with Gasteiger partial charge in [-0.1, -0.05) is 36.4 Å². The maximum absolute atomic E-state index is 13.1. The van der Waals surface area contributed by atoms with E-state index in [4.69, 9.17) is 9.72 Å². The Balaban J connectivity index is 1.63. The lowest BCUT2D eigenvalue weighted by molar-refractivity contribution is 0.0221. The predicted octanol–water partition coefficient (Wildman–Crippen LogP) is 4.78. The molecule has 7 nitrogen and oxygen atoms in total. The molecule has 2 aromatic rings. The van der Waals surface area contributed by atoms with Crippen LogP contribution in [0.4, 0.5) is 4.79 Å². The van der Waals surface area contributed by atoms with Gasteiger partial charge >= 0.3 is 6.09 Å². The number of allylic oxidation sites excluding steroid dienone is 3. The van der Waals surface area contributed by atoms with Crippen LogP contribution < -0.4 is 5.56 Å². The van der Waals surface area contributed by atoms with Gasteiger partial charge in [0.05, 0.1) is 23.2 Å². The molecule has 178 valence electrons. The van der Waals surface area contributed by atoms with Gasteiger partial charge in [-0.3, -0.25) is 9.79 Å². The number of fused-ring (bicyclic) bond motifs is 1. The maximum atomic E-state index is 13.1. The van der Waals surface area contributed by atoms with Gasteiger partial charge in [0.2, 0.25) is 0 Å². The van der Waals surface area contributed by atoms with Crippen LogP contribution in [0.3, 0.4) is 0 Å². The van der Waals surface area contributed by atoms with E-state index in [0.717, 1.165) is 35.2 Å². The van der Waals surface area contributed by atoms with Gasteiger partial charge in [-0.2, -0.15) is 0 Å². The van der Waals surface area contributed by atoms with Crippen LogP contribution in [0.5, 0.6) is 0 Å². The quantitative estimate of drug-likeness (QED) is 0.514. The van der Waals surface area contributed by atoms with Crippen molar-refractivity contribution in [2.75, 3.05) is 6.54 Å². The van der Waals surface area contributed by atoms with Crippen molar-refractivity contribution in [3.8, 4) is 0 Å². The number of nitrogens with zero attached hydrogens (tertiary/aromatic N) is 3. The van der Waals surface area contributed by atoms with Crippen molar-refractivity contribution in [2.45, 2.75) is 64.5 Å². The summed E-state index contributed by atoms with van der Waals surface area (Å²) in [4.78, 5) is 39.1. The largest absolute Gasteiger partial charge is 0.444 e. The van der Waals surface area contributed by atoms with Gasteiger partial charge in [0.1, 0.15) is 11.4 Å². The number of aromatic nitrogens is 2. The molecule has 7 heteroatoms. The van der Waals surface area contributed by atoms with Crippen molar-refractivity contribution < 1.29 is 9.53 Å². The van der Waals surface area contributed by atoms with E-state index in [1.54, 1.807) is 11.1 Å². The molecule has 1 N–H and O–H groups in total. The van der Waals surface area contributed by atoms with Crippen LogP contribution in [-0.2, 0) is 23.1 Å². The first-order chi connectivity index (χ1) is 16.1. The highest BCUT2D eigenvalue weighted by Gasteiger charge is 2.50. The third-order valence-electron chi connectivity index (χ3n) is 6.31. The van der Waals surface area contributed by atoms with E-state index in [1.165, 1.54) is 0 Å². The molecule has 0 unspecified atom stereocenters. The van der Waals surface area contributed by atoms with Crippen molar-refractivity contribution in [3.63, 3.8) is 0 Å². The number of carbonyl (C=O) groups excluding carboxylic acids is 1. The van der Waals surface area contributed by atoms with Crippen molar-refractivity contribution >= 4 is 18.4 Å². The minimum atomic E-state index is -0.586. The van der Waals surface area contributed by atoms with Crippen molar-refractivity contribution in [1.82, 2.24) is 14.9 Å². The number of nitrogens with one attached hydrogen (secondary N) is 1. The maximum Gasteiger partial charge on any atom is 0.410 e. The summed E-state index contributed by atoms with van der Waals surface area (Å²) in [6, 6.07) is 10.2. The van der Waals surface area contributed by atoms with E-state index in [2.05, 4.69) is 41.8 Å². The number of benzene rings is 1. The highest BCUT2D eigenvalue weighted by atomic mass is 16.6. The molecule has 0 saturated heterocycles. The van der Waals surface area contributed by atoms with Crippen LogP contribution in [-0.4, -0.2) is 39.8 Å². The minimum Gasteiger partial charge on any atom is -0.444 e. The Kier molecular flexibility index (Phi) is 6.30. The standard InChI is InChI=1S/C27H32N4O3/c1-18(19-9-7-6-8-10-19)15-20(16-28-5)27(12-13-27)24-29-22-11-14-31(17-21(22)23(32)30-24)25(33)34-26(2,3)4/h6-10,15-16H,5,11-14,17H2,1-4H3,(H,29,30,32)/b18-15+,20-16+. The monoisotopic (exact) mass is 460 g/mol. The molecule has 0 spiro atoms. The first kappa shape index (κ1) is 23.7. The summed E-state index contributed by atoms with van der Waals surface area (Å²) < 4.78 is 5.48. The van der Waals surface area contributed by atoms with Crippen LogP contribution in [0.25, 0.3) is 5.57 Å². The van der Waals surface area contributed by atoms with Gasteiger partial charge < -0.3 is 14.6 Å². The number of hydrogen-bond donors (Lipinski definition) is 1. The Labute approximate surface area is 200 Å². The molecular formula is C27H32N4O3. The topological polar surface area (TPSA) is 87.7 Å². The van der Waals surface area contributed by atoms with Gasteiger partial charge in [0, 0.05) is 19.2 Å². The van der Waals surface area contributed by atoms with Gasteiger partial charge in [-0.15, -0.1) is 0 Å². The number of carbonyl (C=O) groups is 1. The minimum absolute atomic E-state index is 0.198. The third kappa shape index (κ3) is 4.88. The first-order valence-electron chi connectivity index (χ1n) is 11.6. The van der Waals surface area contributed by atoms with E-state index in [1.807, 2.05) is 39.0 Å². The fourth-order valence-corrected chi connectivity index (χ4v) is 4.34. The summed E-state index contributed by atoms with van der Waals surface area (Å²) in [5.41, 5.74) is 3.33. The number of hydrogen-bond acceptors (Lipinski definition) is 5. The molecule has 1 aromatic carbocycles. The third-order valence-corrected chi connectivity index (χ3v) is 6.31. The summed E-state index contributed by atoms with van der Waals surface area (Å²) in [6.07, 6.45) is 5.73. The highest BCUT2D eigenvalue weighted by molar-refractivity contribution is 5.69. The second-order valence-corrected chi connectivity index (χ2v) is 10.0. The molecule has 0 atom stereocenters. The highest BCUT2D eigenvalue weighted by Crippen LogP contribution is 2.53. The van der Waals surface area contributed by atoms with E-state index in [-0.39, 0.29) is 17.5 Å². The molecule has 1 aromatic heterocycles. The van der Waals surface area contributed by atoms with E-state index in [0.29, 0.717) is 24.4 Å². The molecule has 2 heterocycles. The fraction of sp³-hybridized carbons (Fsp3) is 0.407. The summed E-state index contributed by atoms with van der Waals surface area (Å²) in [5.74, 6) is 0.661. The summed E-state index contributed by atoms with van der Waals surface area (Å²) in [5, 5.41) is 0. The van der Waals surface area contributed by atoms with Crippen LogP contribution in [0.15, 0.2) is 58.0 Å². The molecule has 4 rings (SSSR count). The molecule has 0 bridgehead atoms. The lowest BCUT2D eigenvalue weighted by atomic mass is 9.91. The average molecular weight is 461 g/mol. The number of rotatable bonds is 5. The van der Waals surface area contributed by atoms with Crippen LogP contribution in [0, 0.1) is 0 Å². The molecule has 1 aliphatic heterocycles. The van der Waals surface area contributed by atoms with Crippen molar-refractivity contribution in [3.05, 3.63) is 81.2 Å². The Morgan fingerprint density at radius 2 is 1.97 bits per heavy atom. The zero-order valence-electron chi connectivity index (χ0n) is 20.4. The Bertz CT molecular complexity index is 1210. The second kappa shape index (κ2) is 9.05. The molecule has 1 saturated carbocycles. The van der Waals surface area contributed by atoms with Crippen molar-refractivity contribution in [1.29, 1.82) is 0 Å². The summed E-state index contributed by atoms with van der Waals surface area (Å²) >= 11 is 0. The number of aliphatic imine (C=N–C) groups is 1. The molecule has 2 aliphatic rings. The SMILES string of the molecule is C=N/C=C(\C=C(/C)c1ccccc1)C1(c2nc3c(c(=O)[nH]2)CN(C(=O)OC(C)(C)C)CC3)CC1. The number of aromatic amines is 1. The van der Waals surface area contributed by atoms with Gasteiger partial charge in [-0.05, 0) is 64.0 Å². The summed E-state index contributed by atoms with van der Waals surface area (Å²) in [7, 11) is 0. The zero-order chi connectivity index (χ0) is 24.5. The van der Waals surface area contributed by atoms with E-state index < -0.39 is 11.7 Å². The van der Waals surface area contributed by atoms with Gasteiger partial charge in [0.15, 0.2) is 0 Å². The molecular weight excluding hydrogens is 428 g/mol. The molecule has 1 amide bonds. The Morgan fingerprint density at radius 1 is 1.26 bits per heavy atom. The smallest absolute Gasteiger partial charge is 0.410 e. The van der Waals surface area contributed by atoms with Crippen LogP contribution in [0.1, 0.15) is 63.2 Å². The molecule has 34 heavy (non-hydrogen) atoms. The van der Waals surface area contributed by atoms with Gasteiger partial charge in [-0.25, -0.2) is 9.78 Å². The number of H-pyrrole nitrogens is 1. The van der Waals surface area contributed by atoms with Gasteiger partial charge in [0.25, 0.3) is 5.56 Å². The first-order valence-corrected chi connectivity index (χ1v) is 11.6. The fourth-order valence-electron chi connectivity index (χ4n) is 4.34. The number of amides is 1.